The van der Waals surface area contributed by atoms with Crippen LogP contribution in [0.5, 0.6) is 0 Å². The van der Waals surface area contributed by atoms with Gasteiger partial charge in [0.05, 0.1) is 5.41 Å². The maximum Gasteiger partial charge on any atom is 0.249 e. The molecule has 0 radical (unpaired) electrons. The Balaban J connectivity index is 2.26. The van der Waals surface area contributed by atoms with Gasteiger partial charge in [0.15, 0.2) is 0 Å². The van der Waals surface area contributed by atoms with Crippen LogP contribution in [0.3, 0.4) is 0 Å². The first-order chi connectivity index (χ1) is 8.65. The summed E-state index contributed by atoms with van der Waals surface area (Å²) in [6.45, 7) is 1.81. The highest BCUT2D eigenvalue weighted by Crippen LogP contribution is 2.38. The van der Waals surface area contributed by atoms with Crippen LogP contribution in [0, 0.1) is 0 Å². The molecule has 1 saturated heterocycles. The fourth-order valence-electron chi connectivity index (χ4n) is 3.08. The molecule has 94 valence electrons. The van der Waals surface area contributed by atoms with E-state index in [0.717, 1.165) is 17.7 Å². The SMILES string of the molecule is NC(=O)c1cccc2c1C1(CCNC1)C(=O)NC2. The number of carbonyl (C=O) groups is 2. The van der Waals surface area contributed by atoms with Gasteiger partial charge in [-0.1, -0.05) is 12.1 Å². The second-order valence-electron chi connectivity index (χ2n) is 4.90. The minimum atomic E-state index is -0.626. The number of nitrogens with two attached hydrogens (primary N) is 1. The molecular weight excluding hydrogens is 230 g/mol. The number of rotatable bonds is 1. The van der Waals surface area contributed by atoms with Crippen LogP contribution in [0.15, 0.2) is 18.2 Å². The van der Waals surface area contributed by atoms with Crippen LogP contribution in [-0.2, 0) is 16.8 Å². The van der Waals surface area contributed by atoms with Crippen molar-refractivity contribution in [3.05, 3.63) is 34.9 Å². The number of fused-ring (bicyclic) bond motifs is 2. The van der Waals surface area contributed by atoms with Gasteiger partial charge in [-0.2, -0.15) is 0 Å². The van der Waals surface area contributed by atoms with Crippen LogP contribution >= 0.6 is 0 Å². The number of hydrogen-bond donors (Lipinski definition) is 3. The minimum absolute atomic E-state index is 0.00583. The first-order valence-electron chi connectivity index (χ1n) is 6.06. The maximum atomic E-state index is 12.3. The Hall–Kier alpha value is -1.88. The Kier molecular flexibility index (Phi) is 2.38. The topological polar surface area (TPSA) is 84.2 Å². The van der Waals surface area contributed by atoms with Gasteiger partial charge in [0.2, 0.25) is 11.8 Å². The van der Waals surface area contributed by atoms with Crippen molar-refractivity contribution < 1.29 is 9.59 Å². The molecule has 1 spiro atoms. The summed E-state index contributed by atoms with van der Waals surface area (Å²) in [5.74, 6) is -0.471. The highest BCUT2D eigenvalue weighted by atomic mass is 16.2. The standard InChI is InChI=1S/C13H15N3O2/c14-11(17)9-3-1-2-8-6-16-12(18)13(10(8)9)4-5-15-7-13/h1-3,15H,4-7H2,(H2,14,17)(H,16,18). The molecule has 2 aliphatic heterocycles. The number of benzene rings is 1. The summed E-state index contributed by atoms with van der Waals surface area (Å²) >= 11 is 0. The molecule has 0 saturated carbocycles. The van der Waals surface area contributed by atoms with Crippen molar-refractivity contribution in [1.82, 2.24) is 10.6 Å². The summed E-state index contributed by atoms with van der Waals surface area (Å²) in [7, 11) is 0. The van der Waals surface area contributed by atoms with Crippen LogP contribution in [0.1, 0.15) is 27.9 Å². The third-order valence-corrected chi connectivity index (χ3v) is 3.92. The smallest absolute Gasteiger partial charge is 0.249 e. The molecule has 2 amide bonds. The van der Waals surface area contributed by atoms with E-state index in [4.69, 9.17) is 5.73 Å². The van der Waals surface area contributed by atoms with E-state index in [0.29, 0.717) is 25.1 Å². The average molecular weight is 245 g/mol. The van der Waals surface area contributed by atoms with Crippen LogP contribution < -0.4 is 16.4 Å². The van der Waals surface area contributed by atoms with Gasteiger partial charge in [0.1, 0.15) is 0 Å². The van der Waals surface area contributed by atoms with E-state index in [1.807, 2.05) is 12.1 Å². The zero-order valence-electron chi connectivity index (χ0n) is 9.95. The molecule has 4 N–H and O–H groups in total. The molecule has 2 heterocycles. The summed E-state index contributed by atoms with van der Waals surface area (Å²) in [6.07, 6.45) is 0.704. The number of hydrogen-bond acceptors (Lipinski definition) is 3. The molecule has 3 rings (SSSR count). The molecule has 0 bridgehead atoms. The van der Waals surface area contributed by atoms with Crippen molar-refractivity contribution in [2.75, 3.05) is 13.1 Å². The molecule has 18 heavy (non-hydrogen) atoms. The lowest BCUT2D eigenvalue weighted by molar-refractivity contribution is -0.127. The van der Waals surface area contributed by atoms with Crippen molar-refractivity contribution in [2.45, 2.75) is 18.4 Å². The molecule has 0 aromatic heterocycles. The van der Waals surface area contributed by atoms with Crippen LogP contribution in [0.2, 0.25) is 0 Å². The van der Waals surface area contributed by atoms with Gasteiger partial charge >= 0.3 is 0 Å². The minimum Gasteiger partial charge on any atom is -0.366 e. The van der Waals surface area contributed by atoms with E-state index < -0.39 is 11.3 Å². The van der Waals surface area contributed by atoms with Gasteiger partial charge < -0.3 is 16.4 Å². The van der Waals surface area contributed by atoms with E-state index in [1.165, 1.54) is 0 Å². The molecule has 0 aliphatic carbocycles. The molecule has 5 nitrogen and oxygen atoms in total. The molecule has 1 aromatic rings. The number of carbonyl (C=O) groups excluding carboxylic acids is 2. The van der Waals surface area contributed by atoms with Gasteiger partial charge in [-0.3, -0.25) is 9.59 Å². The normalized spacial score (nSPS) is 25.9. The van der Waals surface area contributed by atoms with E-state index in [9.17, 15) is 9.59 Å². The van der Waals surface area contributed by atoms with Crippen molar-refractivity contribution in [3.8, 4) is 0 Å². The van der Waals surface area contributed by atoms with Crippen molar-refractivity contribution in [3.63, 3.8) is 0 Å². The van der Waals surface area contributed by atoms with Gasteiger partial charge in [-0.15, -0.1) is 0 Å². The monoisotopic (exact) mass is 245 g/mol. The predicted molar refractivity (Wildman–Crippen MR) is 66.0 cm³/mol. The van der Waals surface area contributed by atoms with Gasteiger partial charge in [-0.25, -0.2) is 0 Å². The Morgan fingerprint density at radius 2 is 2.22 bits per heavy atom. The Bertz CT molecular complexity index is 533. The van der Waals surface area contributed by atoms with Gasteiger partial charge in [-0.05, 0) is 30.2 Å². The second-order valence-corrected chi connectivity index (χ2v) is 4.90. The number of primary amides is 1. The Morgan fingerprint density at radius 3 is 2.89 bits per heavy atom. The van der Waals surface area contributed by atoms with Crippen molar-refractivity contribution in [2.24, 2.45) is 5.73 Å². The van der Waals surface area contributed by atoms with E-state index in [1.54, 1.807) is 6.07 Å². The fraction of sp³-hybridized carbons (Fsp3) is 0.385. The third kappa shape index (κ3) is 1.37. The molecule has 1 fully saturated rings. The summed E-state index contributed by atoms with van der Waals surface area (Å²) < 4.78 is 0. The molecule has 1 unspecified atom stereocenters. The third-order valence-electron chi connectivity index (χ3n) is 3.92. The van der Waals surface area contributed by atoms with E-state index >= 15 is 0 Å². The number of amides is 2. The van der Waals surface area contributed by atoms with Crippen molar-refractivity contribution in [1.29, 1.82) is 0 Å². The average Bonchev–Trinajstić information content (AvgIpc) is 2.84. The summed E-state index contributed by atoms with van der Waals surface area (Å²) in [6, 6.07) is 5.47. The highest BCUT2D eigenvalue weighted by Gasteiger charge is 2.47. The molecule has 2 aliphatic rings. The maximum absolute atomic E-state index is 12.3. The first kappa shape index (κ1) is 11.2. The first-order valence-corrected chi connectivity index (χ1v) is 6.06. The summed E-state index contributed by atoms with van der Waals surface area (Å²) in [5.41, 5.74) is 7.12. The lowest BCUT2D eigenvalue weighted by Crippen LogP contribution is -2.51. The molecule has 1 aromatic carbocycles. The lowest BCUT2D eigenvalue weighted by Gasteiger charge is -2.35. The summed E-state index contributed by atoms with van der Waals surface area (Å²) in [5, 5.41) is 6.11. The summed E-state index contributed by atoms with van der Waals surface area (Å²) in [4.78, 5) is 23.8. The molecular formula is C13H15N3O2. The van der Waals surface area contributed by atoms with Crippen LogP contribution in [-0.4, -0.2) is 24.9 Å². The van der Waals surface area contributed by atoms with Gasteiger partial charge in [0, 0.05) is 18.7 Å². The number of nitrogens with one attached hydrogen (secondary N) is 2. The van der Waals surface area contributed by atoms with E-state index in [2.05, 4.69) is 10.6 Å². The lowest BCUT2D eigenvalue weighted by atomic mass is 9.72. The predicted octanol–water partition coefficient (Wildman–Crippen LogP) is -0.354. The Morgan fingerprint density at radius 1 is 1.39 bits per heavy atom. The largest absolute Gasteiger partial charge is 0.366 e. The fourth-order valence-corrected chi connectivity index (χ4v) is 3.08. The van der Waals surface area contributed by atoms with Crippen LogP contribution in [0.25, 0.3) is 0 Å². The Labute approximate surface area is 105 Å². The second kappa shape index (κ2) is 3.81. The molecule has 5 heteroatoms. The van der Waals surface area contributed by atoms with Crippen molar-refractivity contribution >= 4 is 11.8 Å². The van der Waals surface area contributed by atoms with Gasteiger partial charge in [0.25, 0.3) is 0 Å². The quantitative estimate of drug-likeness (QED) is 0.632. The van der Waals surface area contributed by atoms with Crippen LogP contribution in [0.4, 0.5) is 0 Å². The van der Waals surface area contributed by atoms with E-state index in [-0.39, 0.29) is 5.91 Å². The zero-order chi connectivity index (χ0) is 12.8. The highest BCUT2D eigenvalue weighted by molar-refractivity contribution is 6.00. The molecule has 1 atom stereocenters. The zero-order valence-corrected chi connectivity index (χ0v) is 9.95.